The van der Waals surface area contributed by atoms with E-state index >= 15 is 0 Å². The number of benzene rings is 2. The van der Waals surface area contributed by atoms with Gasteiger partial charge in [-0.05, 0) is 54.2 Å². The van der Waals surface area contributed by atoms with Crippen LogP contribution in [0.5, 0.6) is 0 Å². The first-order valence-corrected chi connectivity index (χ1v) is 9.91. The molecular formula is C22H18F3N3O3. The van der Waals surface area contributed by atoms with Crippen molar-refractivity contribution in [2.75, 3.05) is 0 Å². The molecule has 0 radical (unpaired) electrons. The van der Waals surface area contributed by atoms with Gasteiger partial charge in [0.05, 0.1) is 12.1 Å². The van der Waals surface area contributed by atoms with Gasteiger partial charge in [-0.2, -0.15) is 8.78 Å². The molecule has 2 aromatic carbocycles. The molecule has 0 spiro atoms. The van der Waals surface area contributed by atoms with Gasteiger partial charge in [-0.1, -0.05) is 18.2 Å². The molecule has 0 bridgehead atoms. The maximum Gasteiger partial charge on any atom is 0.314 e. The van der Waals surface area contributed by atoms with Crippen LogP contribution >= 0.6 is 0 Å². The SMILES string of the molecule is O=C1c2cc(-c3nnc(C(F)F)o3)ccc2CN1C(C1CC1)C(O)c1ccc(F)cc1. The number of fused-ring (bicyclic) bond motifs is 1. The monoisotopic (exact) mass is 429 g/mol. The minimum Gasteiger partial charge on any atom is -0.415 e. The highest BCUT2D eigenvalue weighted by molar-refractivity contribution is 5.99. The van der Waals surface area contributed by atoms with E-state index in [0.29, 0.717) is 23.2 Å². The number of carbonyl (C=O) groups excluding carboxylic acids is 1. The Morgan fingerprint density at radius 1 is 1.10 bits per heavy atom. The van der Waals surface area contributed by atoms with Gasteiger partial charge in [0.25, 0.3) is 11.8 Å². The number of halogens is 3. The molecule has 2 atom stereocenters. The smallest absolute Gasteiger partial charge is 0.314 e. The summed E-state index contributed by atoms with van der Waals surface area (Å²) in [6.07, 6.45) is -2.03. The molecule has 1 aromatic heterocycles. The largest absolute Gasteiger partial charge is 0.415 e. The summed E-state index contributed by atoms with van der Waals surface area (Å²) in [6, 6.07) is 10.1. The van der Waals surface area contributed by atoms with Crippen LogP contribution in [0.25, 0.3) is 11.5 Å². The minimum atomic E-state index is -2.87. The lowest BCUT2D eigenvalue weighted by Gasteiger charge is -2.32. The van der Waals surface area contributed by atoms with E-state index in [0.717, 1.165) is 18.4 Å². The Morgan fingerprint density at radius 3 is 2.48 bits per heavy atom. The summed E-state index contributed by atoms with van der Waals surface area (Å²) in [5.41, 5.74) is 2.09. The number of alkyl halides is 2. The second-order valence-electron chi connectivity index (χ2n) is 7.88. The Balaban J connectivity index is 1.43. The number of hydrogen-bond acceptors (Lipinski definition) is 5. The fourth-order valence-corrected chi connectivity index (χ4v) is 4.11. The summed E-state index contributed by atoms with van der Waals surface area (Å²) in [6.45, 7) is 0.319. The molecule has 0 saturated heterocycles. The summed E-state index contributed by atoms with van der Waals surface area (Å²) in [5.74, 6) is -1.37. The van der Waals surface area contributed by atoms with Crippen molar-refractivity contribution in [3.05, 3.63) is 70.9 Å². The van der Waals surface area contributed by atoms with Crippen LogP contribution in [0.15, 0.2) is 46.9 Å². The van der Waals surface area contributed by atoms with E-state index in [1.165, 1.54) is 24.3 Å². The normalized spacial score (nSPS) is 17.8. The van der Waals surface area contributed by atoms with Gasteiger partial charge < -0.3 is 14.4 Å². The third-order valence-corrected chi connectivity index (χ3v) is 5.82. The Labute approximate surface area is 175 Å². The van der Waals surface area contributed by atoms with Gasteiger partial charge >= 0.3 is 6.43 Å². The van der Waals surface area contributed by atoms with Gasteiger partial charge in [0, 0.05) is 17.7 Å². The van der Waals surface area contributed by atoms with E-state index in [1.54, 1.807) is 23.1 Å². The molecule has 9 heteroatoms. The highest BCUT2D eigenvalue weighted by atomic mass is 19.3. The van der Waals surface area contributed by atoms with Crippen LogP contribution in [0.3, 0.4) is 0 Å². The van der Waals surface area contributed by atoms with Crippen molar-refractivity contribution in [1.29, 1.82) is 0 Å². The molecule has 1 N–H and O–H groups in total. The molecule has 6 nitrogen and oxygen atoms in total. The minimum absolute atomic E-state index is 0.0885. The molecule has 3 aromatic rings. The predicted molar refractivity (Wildman–Crippen MR) is 102 cm³/mol. The Morgan fingerprint density at radius 2 is 1.84 bits per heavy atom. The molecule has 1 fully saturated rings. The second kappa shape index (κ2) is 7.49. The molecule has 2 unspecified atom stereocenters. The van der Waals surface area contributed by atoms with E-state index in [1.807, 2.05) is 0 Å². The number of aromatic nitrogens is 2. The summed E-state index contributed by atoms with van der Waals surface area (Å²) in [4.78, 5) is 14.9. The average Bonchev–Trinajstić information content (AvgIpc) is 3.36. The van der Waals surface area contributed by atoms with Gasteiger partial charge in [-0.25, -0.2) is 4.39 Å². The Bertz CT molecular complexity index is 1130. The lowest BCUT2D eigenvalue weighted by Crippen LogP contribution is -2.41. The molecule has 160 valence electrons. The third kappa shape index (κ3) is 3.59. The van der Waals surface area contributed by atoms with Crippen molar-refractivity contribution in [2.45, 2.75) is 38.0 Å². The lowest BCUT2D eigenvalue weighted by molar-refractivity contribution is 0.0292. The highest BCUT2D eigenvalue weighted by Gasteiger charge is 2.45. The molecular weight excluding hydrogens is 411 g/mol. The molecule has 1 amide bonds. The average molecular weight is 429 g/mol. The second-order valence-corrected chi connectivity index (χ2v) is 7.88. The van der Waals surface area contributed by atoms with Gasteiger partial charge in [0.1, 0.15) is 5.82 Å². The molecule has 1 saturated carbocycles. The fourth-order valence-electron chi connectivity index (χ4n) is 4.11. The standard InChI is InChI=1S/C22H18F3N3O3/c23-15-7-5-12(6-8-15)18(29)17(11-1-2-11)28-10-14-4-3-13(9-16(14)22(28)30)20-26-27-21(31-20)19(24)25/h3-9,11,17-19,29H,1-2,10H2. The maximum absolute atomic E-state index is 13.3. The number of rotatable bonds is 6. The number of aliphatic hydroxyl groups is 1. The quantitative estimate of drug-likeness (QED) is 0.633. The summed E-state index contributed by atoms with van der Waals surface area (Å²) in [5, 5.41) is 18.0. The lowest BCUT2D eigenvalue weighted by atomic mass is 9.97. The van der Waals surface area contributed by atoms with Crippen LogP contribution in [0.2, 0.25) is 0 Å². The van der Waals surface area contributed by atoms with Crippen LogP contribution in [-0.4, -0.2) is 32.2 Å². The molecule has 2 heterocycles. The molecule has 5 rings (SSSR count). The van der Waals surface area contributed by atoms with Crippen molar-refractivity contribution >= 4 is 5.91 Å². The summed E-state index contributed by atoms with van der Waals surface area (Å²) < 4.78 is 43.7. The van der Waals surface area contributed by atoms with E-state index in [9.17, 15) is 23.1 Å². The highest BCUT2D eigenvalue weighted by Crippen LogP contribution is 2.44. The zero-order valence-corrected chi connectivity index (χ0v) is 16.2. The molecule has 1 aliphatic carbocycles. The first kappa shape index (κ1) is 19.7. The first-order chi connectivity index (χ1) is 14.9. The van der Waals surface area contributed by atoms with Crippen molar-refractivity contribution in [3.8, 4) is 11.5 Å². The fraction of sp³-hybridized carbons (Fsp3) is 0.318. The van der Waals surface area contributed by atoms with E-state index in [4.69, 9.17) is 4.42 Å². The molecule has 2 aliphatic rings. The number of amides is 1. The van der Waals surface area contributed by atoms with E-state index < -0.39 is 30.3 Å². The summed E-state index contributed by atoms with van der Waals surface area (Å²) >= 11 is 0. The zero-order chi connectivity index (χ0) is 21.7. The summed E-state index contributed by atoms with van der Waals surface area (Å²) in [7, 11) is 0. The van der Waals surface area contributed by atoms with Crippen molar-refractivity contribution in [2.24, 2.45) is 5.92 Å². The first-order valence-electron chi connectivity index (χ1n) is 9.91. The van der Waals surface area contributed by atoms with Gasteiger partial charge in [0.2, 0.25) is 5.89 Å². The maximum atomic E-state index is 13.3. The van der Waals surface area contributed by atoms with Crippen LogP contribution in [-0.2, 0) is 6.54 Å². The third-order valence-electron chi connectivity index (χ3n) is 5.82. The van der Waals surface area contributed by atoms with Crippen LogP contribution < -0.4 is 0 Å². The van der Waals surface area contributed by atoms with Crippen LogP contribution in [0.4, 0.5) is 13.2 Å². The molecule has 31 heavy (non-hydrogen) atoms. The topological polar surface area (TPSA) is 79.5 Å². The van der Waals surface area contributed by atoms with Gasteiger partial charge in [-0.3, -0.25) is 4.79 Å². The Kier molecular flexibility index (Phi) is 4.77. The number of hydrogen-bond donors (Lipinski definition) is 1. The number of aliphatic hydroxyl groups excluding tert-OH is 1. The van der Waals surface area contributed by atoms with Crippen LogP contribution in [0.1, 0.15) is 52.7 Å². The Hall–Kier alpha value is -3.20. The predicted octanol–water partition coefficient (Wildman–Crippen LogP) is 4.28. The van der Waals surface area contributed by atoms with Gasteiger partial charge in [0.15, 0.2) is 0 Å². The molecule has 1 aliphatic heterocycles. The number of carbonyl (C=O) groups is 1. The van der Waals surface area contributed by atoms with Crippen molar-refractivity contribution in [1.82, 2.24) is 15.1 Å². The van der Waals surface area contributed by atoms with Gasteiger partial charge in [-0.15, -0.1) is 10.2 Å². The van der Waals surface area contributed by atoms with E-state index in [2.05, 4.69) is 10.2 Å². The number of nitrogens with zero attached hydrogens (tertiary/aromatic N) is 3. The van der Waals surface area contributed by atoms with E-state index in [-0.39, 0.29) is 17.7 Å². The van der Waals surface area contributed by atoms with Crippen molar-refractivity contribution in [3.63, 3.8) is 0 Å². The van der Waals surface area contributed by atoms with Crippen LogP contribution in [0, 0.1) is 11.7 Å². The van der Waals surface area contributed by atoms with Crippen molar-refractivity contribution < 1.29 is 27.5 Å². The zero-order valence-electron chi connectivity index (χ0n) is 16.2.